The summed E-state index contributed by atoms with van der Waals surface area (Å²) in [6, 6.07) is 0. The molecule has 0 rings (SSSR count). The Morgan fingerprint density at radius 2 is 1.90 bits per heavy atom. The van der Waals surface area contributed by atoms with Crippen LogP contribution in [0.25, 0.3) is 0 Å². The summed E-state index contributed by atoms with van der Waals surface area (Å²) in [5.41, 5.74) is 0. The zero-order valence-corrected chi connectivity index (χ0v) is 7.09. The van der Waals surface area contributed by atoms with Crippen molar-refractivity contribution in [2.75, 3.05) is 5.75 Å². The molecular formula is C7H14F2S. The van der Waals surface area contributed by atoms with Crippen molar-refractivity contribution < 1.29 is 8.78 Å². The van der Waals surface area contributed by atoms with E-state index in [0.717, 1.165) is 24.6 Å². The van der Waals surface area contributed by atoms with E-state index in [4.69, 9.17) is 0 Å². The van der Waals surface area contributed by atoms with Crippen LogP contribution in [0.1, 0.15) is 32.6 Å². The van der Waals surface area contributed by atoms with Crippen LogP contribution in [0.4, 0.5) is 8.78 Å². The topological polar surface area (TPSA) is 0 Å². The minimum absolute atomic E-state index is 0.609. The van der Waals surface area contributed by atoms with Crippen LogP contribution in [0.3, 0.4) is 0 Å². The molecular weight excluding hydrogens is 154 g/mol. The highest BCUT2D eigenvalue weighted by atomic mass is 32.2. The minimum atomic E-state index is -2.18. The van der Waals surface area contributed by atoms with E-state index in [1.807, 2.05) is 0 Å². The van der Waals surface area contributed by atoms with E-state index in [0.29, 0.717) is 5.75 Å². The molecule has 0 aliphatic carbocycles. The van der Waals surface area contributed by atoms with E-state index < -0.39 is 5.76 Å². The van der Waals surface area contributed by atoms with Gasteiger partial charge in [-0.1, -0.05) is 37.9 Å². The fourth-order valence-corrected chi connectivity index (χ4v) is 1.25. The van der Waals surface area contributed by atoms with Gasteiger partial charge in [0.2, 0.25) is 0 Å². The lowest BCUT2D eigenvalue weighted by molar-refractivity contribution is 0.252. The molecule has 0 N–H and O–H groups in total. The lowest BCUT2D eigenvalue weighted by Gasteiger charge is -1.98. The van der Waals surface area contributed by atoms with Crippen LogP contribution >= 0.6 is 11.8 Å². The second kappa shape index (κ2) is 7.32. The molecule has 10 heavy (non-hydrogen) atoms. The maximum atomic E-state index is 11.5. The molecule has 0 nitrogen and oxygen atoms in total. The van der Waals surface area contributed by atoms with Crippen LogP contribution < -0.4 is 0 Å². The zero-order chi connectivity index (χ0) is 7.82. The van der Waals surface area contributed by atoms with Crippen molar-refractivity contribution in [3.05, 3.63) is 0 Å². The van der Waals surface area contributed by atoms with Gasteiger partial charge in [-0.3, -0.25) is 0 Å². The second-order valence-corrected chi connectivity index (χ2v) is 3.29. The highest BCUT2D eigenvalue weighted by molar-refractivity contribution is 7.99. The van der Waals surface area contributed by atoms with Gasteiger partial charge >= 0.3 is 0 Å². The van der Waals surface area contributed by atoms with Crippen molar-refractivity contribution in [1.29, 1.82) is 0 Å². The molecule has 0 aliphatic heterocycles. The van der Waals surface area contributed by atoms with E-state index in [2.05, 4.69) is 6.92 Å². The molecule has 3 heteroatoms. The molecule has 0 saturated carbocycles. The predicted molar refractivity (Wildman–Crippen MR) is 42.6 cm³/mol. The van der Waals surface area contributed by atoms with Gasteiger partial charge in [0.1, 0.15) is 0 Å². The summed E-state index contributed by atoms with van der Waals surface area (Å²) in [5, 5.41) is 0. The normalized spacial score (nSPS) is 10.8. The number of thioether (sulfide) groups is 1. The molecule has 0 amide bonds. The molecule has 0 aromatic rings. The Kier molecular flexibility index (Phi) is 7.47. The van der Waals surface area contributed by atoms with Crippen LogP contribution in [-0.4, -0.2) is 11.5 Å². The first kappa shape index (κ1) is 10.2. The van der Waals surface area contributed by atoms with E-state index in [1.165, 1.54) is 12.8 Å². The van der Waals surface area contributed by atoms with Gasteiger partial charge in [-0.25, -0.2) is 0 Å². The number of unbranched alkanes of at least 4 members (excludes halogenated alkanes) is 3. The first-order valence-electron chi connectivity index (χ1n) is 3.67. The molecule has 0 spiro atoms. The summed E-state index contributed by atoms with van der Waals surface area (Å²) in [6.07, 6.45) is 4.36. The van der Waals surface area contributed by atoms with E-state index in [1.54, 1.807) is 0 Å². The van der Waals surface area contributed by atoms with Crippen molar-refractivity contribution in [3.63, 3.8) is 0 Å². The van der Waals surface area contributed by atoms with Gasteiger partial charge in [-0.15, -0.1) is 0 Å². The molecule has 0 fully saturated rings. The van der Waals surface area contributed by atoms with Gasteiger partial charge in [-0.2, -0.15) is 8.78 Å². The zero-order valence-electron chi connectivity index (χ0n) is 6.28. The molecule has 0 saturated heterocycles. The lowest BCUT2D eigenvalue weighted by Crippen LogP contribution is -1.86. The molecule has 0 aromatic carbocycles. The van der Waals surface area contributed by atoms with Crippen molar-refractivity contribution in [3.8, 4) is 0 Å². The fraction of sp³-hybridized carbons (Fsp3) is 1.00. The van der Waals surface area contributed by atoms with Crippen LogP contribution in [0.2, 0.25) is 0 Å². The minimum Gasteiger partial charge on any atom is -0.198 e. The maximum absolute atomic E-state index is 11.5. The van der Waals surface area contributed by atoms with Gasteiger partial charge in [-0.05, 0) is 12.2 Å². The predicted octanol–water partition coefficient (Wildman–Crippen LogP) is 3.52. The molecule has 0 aliphatic rings. The number of hydrogen-bond acceptors (Lipinski definition) is 1. The first-order chi connectivity index (χ1) is 4.77. The van der Waals surface area contributed by atoms with Crippen molar-refractivity contribution in [2.24, 2.45) is 0 Å². The summed E-state index contributed by atoms with van der Waals surface area (Å²) in [4.78, 5) is 0. The summed E-state index contributed by atoms with van der Waals surface area (Å²) in [7, 11) is 0. The van der Waals surface area contributed by atoms with Gasteiger partial charge in [0.25, 0.3) is 5.76 Å². The highest BCUT2D eigenvalue weighted by Crippen LogP contribution is 2.15. The van der Waals surface area contributed by atoms with Crippen molar-refractivity contribution >= 4 is 11.8 Å². The van der Waals surface area contributed by atoms with E-state index in [9.17, 15) is 8.78 Å². The monoisotopic (exact) mass is 168 g/mol. The largest absolute Gasteiger partial charge is 0.284 e. The van der Waals surface area contributed by atoms with E-state index in [-0.39, 0.29) is 0 Å². The van der Waals surface area contributed by atoms with Crippen LogP contribution in [0.15, 0.2) is 0 Å². The van der Waals surface area contributed by atoms with Gasteiger partial charge in [0.15, 0.2) is 0 Å². The third-order valence-corrected chi connectivity index (χ3v) is 2.02. The lowest BCUT2D eigenvalue weighted by atomic mass is 10.2. The summed E-state index contributed by atoms with van der Waals surface area (Å²) in [5.74, 6) is -1.57. The smallest absolute Gasteiger partial charge is 0.198 e. The average Bonchev–Trinajstić information content (AvgIpc) is 1.87. The number of halogens is 2. The highest BCUT2D eigenvalue weighted by Gasteiger charge is 2.00. The summed E-state index contributed by atoms with van der Waals surface area (Å²) in [6.45, 7) is 2.11. The standard InChI is InChI=1S/C7H14F2S/c1-2-3-4-5-6-10-7(8)9/h7H,2-6H2,1H3. The Labute approximate surface area is 65.4 Å². The van der Waals surface area contributed by atoms with Gasteiger partial charge in [0, 0.05) is 0 Å². The molecule has 0 bridgehead atoms. The maximum Gasteiger partial charge on any atom is 0.284 e. The number of alkyl halides is 2. The fourth-order valence-electron chi connectivity index (χ4n) is 0.701. The third kappa shape index (κ3) is 8.21. The van der Waals surface area contributed by atoms with Crippen molar-refractivity contribution in [1.82, 2.24) is 0 Å². The summed E-state index contributed by atoms with van der Waals surface area (Å²) < 4.78 is 23.0. The Morgan fingerprint density at radius 3 is 2.40 bits per heavy atom. The second-order valence-electron chi connectivity index (χ2n) is 2.19. The van der Waals surface area contributed by atoms with E-state index >= 15 is 0 Å². The van der Waals surface area contributed by atoms with Gasteiger partial charge < -0.3 is 0 Å². The Morgan fingerprint density at radius 1 is 1.20 bits per heavy atom. The average molecular weight is 168 g/mol. The van der Waals surface area contributed by atoms with Crippen LogP contribution in [0, 0.1) is 0 Å². The first-order valence-corrected chi connectivity index (χ1v) is 4.72. The molecule has 0 unspecified atom stereocenters. The Hall–Kier alpha value is 0.210. The summed E-state index contributed by atoms with van der Waals surface area (Å²) >= 11 is 0.748. The number of hydrogen-bond donors (Lipinski definition) is 0. The third-order valence-electron chi connectivity index (χ3n) is 1.24. The van der Waals surface area contributed by atoms with Crippen LogP contribution in [0.5, 0.6) is 0 Å². The molecule has 0 atom stereocenters. The molecule has 0 heterocycles. The van der Waals surface area contributed by atoms with Gasteiger partial charge in [0.05, 0.1) is 0 Å². The Balaban J connectivity index is 2.77. The molecule has 62 valence electrons. The number of rotatable bonds is 6. The molecule has 0 radical (unpaired) electrons. The van der Waals surface area contributed by atoms with Crippen LogP contribution in [-0.2, 0) is 0 Å². The molecule has 0 aromatic heterocycles. The van der Waals surface area contributed by atoms with Crippen molar-refractivity contribution in [2.45, 2.75) is 38.4 Å². The Bertz CT molecular complexity index is 66.6. The quantitative estimate of drug-likeness (QED) is 0.547. The SMILES string of the molecule is CCCCCCSC(F)F.